The molecule has 0 spiro atoms. The van der Waals surface area contributed by atoms with Crippen LogP contribution in [0.3, 0.4) is 0 Å². The lowest BCUT2D eigenvalue weighted by Gasteiger charge is -2.38. The van der Waals surface area contributed by atoms with E-state index in [1.165, 1.54) is 12.1 Å². The fourth-order valence-corrected chi connectivity index (χ4v) is 3.05. The highest BCUT2D eigenvalue weighted by Crippen LogP contribution is 2.40. The molecule has 0 amide bonds. The van der Waals surface area contributed by atoms with Gasteiger partial charge < -0.3 is 5.73 Å². The van der Waals surface area contributed by atoms with Crippen molar-refractivity contribution in [1.82, 2.24) is 9.38 Å². The molecule has 2 aromatic heterocycles. The fraction of sp³-hybridized carbons (Fsp3) is 0.500. The van der Waals surface area contributed by atoms with Crippen LogP contribution in [-0.4, -0.2) is 9.38 Å². The SMILES string of the molecule is Cc1nc2sccn2c1C1(N)CCC1. The van der Waals surface area contributed by atoms with Crippen LogP contribution in [0.15, 0.2) is 11.6 Å². The fourth-order valence-electron chi connectivity index (χ4n) is 2.29. The number of thiazole rings is 1. The Morgan fingerprint density at radius 3 is 3.00 bits per heavy atom. The van der Waals surface area contributed by atoms with Crippen LogP contribution in [0.2, 0.25) is 0 Å². The number of aromatic nitrogens is 2. The summed E-state index contributed by atoms with van der Waals surface area (Å²) in [7, 11) is 0. The maximum Gasteiger partial charge on any atom is 0.194 e. The first-order chi connectivity index (χ1) is 6.71. The van der Waals surface area contributed by atoms with Gasteiger partial charge in [0, 0.05) is 11.6 Å². The smallest absolute Gasteiger partial charge is 0.194 e. The number of hydrogen-bond acceptors (Lipinski definition) is 3. The molecule has 0 aromatic carbocycles. The number of hydrogen-bond donors (Lipinski definition) is 1. The average molecular weight is 207 g/mol. The van der Waals surface area contributed by atoms with E-state index in [2.05, 4.69) is 27.9 Å². The van der Waals surface area contributed by atoms with Gasteiger partial charge in [-0.05, 0) is 26.2 Å². The van der Waals surface area contributed by atoms with Crippen molar-refractivity contribution in [3.05, 3.63) is 23.0 Å². The third-order valence-corrected chi connectivity index (χ3v) is 3.91. The zero-order valence-corrected chi connectivity index (χ0v) is 8.97. The van der Waals surface area contributed by atoms with E-state index in [4.69, 9.17) is 5.73 Å². The van der Waals surface area contributed by atoms with E-state index >= 15 is 0 Å². The Balaban J connectivity index is 2.27. The van der Waals surface area contributed by atoms with Crippen LogP contribution >= 0.6 is 11.3 Å². The molecule has 2 aromatic rings. The van der Waals surface area contributed by atoms with Gasteiger partial charge in [0.1, 0.15) is 0 Å². The van der Waals surface area contributed by atoms with Crippen molar-refractivity contribution in [3.8, 4) is 0 Å². The molecule has 3 rings (SSSR count). The predicted octanol–water partition coefficient (Wildman–Crippen LogP) is 2.04. The average Bonchev–Trinajstić information content (AvgIpc) is 2.59. The monoisotopic (exact) mass is 207 g/mol. The second-order valence-electron chi connectivity index (χ2n) is 4.11. The van der Waals surface area contributed by atoms with Crippen LogP contribution in [0.1, 0.15) is 30.7 Å². The van der Waals surface area contributed by atoms with Gasteiger partial charge in [0.25, 0.3) is 0 Å². The van der Waals surface area contributed by atoms with Crippen LogP contribution in [0.4, 0.5) is 0 Å². The second kappa shape index (κ2) is 2.58. The molecule has 4 heteroatoms. The highest BCUT2D eigenvalue weighted by Gasteiger charge is 2.38. The summed E-state index contributed by atoms with van der Waals surface area (Å²) in [6, 6.07) is 0. The minimum absolute atomic E-state index is 0.107. The zero-order valence-electron chi connectivity index (χ0n) is 8.16. The molecule has 14 heavy (non-hydrogen) atoms. The largest absolute Gasteiger partial charge is 0.320 e. The first kappa shape index (κ1) is 8.44. The predicted molar refractivity (Wildman–Crippen MR) is 57.5 cm³/mol. The molecule has 1 aliphatic rings. The van der Waals surface area contributed by atoms with Crippen molar-refractivity contribution < 1.29 is 0 Å². The van der Waals surface area contributed by atoms with E-state index in [0.29, 0.717) is 0 Å². The van der Waals surface area contributed by atoms with Gasteiger partial charge in [-0.2, -0.15) is 0 Å². The topological polar surface area (TPSA) is 43.3 Å². The normalized spacial score (nSPS) is 19.9. The number of nitrogens with zero attached hydrogens (tertiary/aromatic N) is 2. The maximum absolute atomic E-state index is 6.34. The zero-order chi connectivity index (χ0) is 9.76. The summed E-state index contributed by atoms with van der Waals surface area (Å²) in [5.41, 5.74) is 8.55. The molecule has 2 N–H and O–H groups in total. The lowest BCUT2D eigenvalue weighted by atomic mass is 9.74. The number of rotatable bonds is 1. The molecule has 0 unspecified atom stereocenters. The van der Waals surface area contributed by atoms with Crippen LogP contribution in [0, 0.1) is 6.92 Å². The Morgan fingerprint density at radius 1 is 1.57 bits per heavy atom. The highest BCUT2D eigenvalue weighted by molar-refractivity contribution is 7.15. The molecule has 0 atom stereocenters. The van der Waals surface area contributed by atoms with Gasteiger partial charge in [-0.25, -0.2) is 4.98 Å². The van der Waals surface area contributed by atoms with Crippen molar-refractivity contribution in [2.45, 2.75) is 31.7 Å². The van der Waals surface area contributed by atoms with Gasteiger partial charge in [0.05, 0.1) is 16.9 Å². The Labute approximate surface area is 86.6 Å². The number of aryl methyl sites for hydroxylation is 1. The van der Waals surface area contributed by atoms with E-state index in [9.17, 15) is 0 Å². The Kier molecular flexibility index (Phi) is 1.56. The van der Waals surface area contributed by atoms with E-state index < -0.39 is 0 Å². The van der Waals surface area contributed by atoms with E-state index in [0.717, 1.165) is 23.5 Å². The third kappa shape index (κ3) is 0.925. The highest BCUT2D eigenvalue weighted by atomic mass is 32.1. The van der Waals surface area contributed by atoms with Crippen LogP contribution < -0.4 is 5.73 Å². The summed E-state index contributed by atoms with van der Waals surface area (Å²) in [5.74, 6) is 0. The Hall–Kier alpha value is -0.870. The maximum atomic E-state index is 6.34. The van der Waals surface area contributed by atoms with E-state index in [1.54, 1.807) is 11.3 Å². The second-order valence-corrected chi connectivity index (χ2v) is 4.98. The molecule has 0 aliphatic heterocycles. The minimum atomic E-state index is -0.107. The summed E-state index contributed by atoms with van der Waals surface area (Å²) < 4.78 is 2.15. The minimum Gasteiger partial charge on any atom is -0.320 e. The van der Waals surface area contributed by atoms with Gasteiger partial charge in [-0.3, -0.25) is 4.40 Å². The first-order valence-electron chi connectivity index (χ1n) is 4.92. The van der Waals surface area contributed by atoms with E-state index in [-0.39, 0.29) is 5.54 Å². The number of nitrogens with two attached hydrogens (primary N) is 1. The number of imidazole rings is 1. The molecule has 0 radical (unpaired) electrons. The molecular weight excluding hydrogens is 194 g/mol. The molecule has 0 bridgehead atoms. The first-order valence-corrected chi connectivity index (χ1v) is 5.80. The summed E-state index contributed by atoms with van der Waals surface area (Å²) in [6.45, 7) is 2.06. The van der Waals surface area contributed by atoms with Crippen LogP contribution in [-0.2, 0) is 5.54 Å². The molecular formula is C10H13N3S. The molecule has 1 aliphatic carbocycles. The molecule has 2 heterocycles. The quantitative estimate of drug-likeness (QED) is 0.777. The van der Waals surface area contributed by atoms with Crippen molar-refractivity contribution in [1.29, 1.82) is 0 Å². The molecule has 0 saturated heterocycles. The van der Waals surface area contributed by atoms with Crippen molar-refractivity contribution in [2.75, 3.05) is 0 Å². The molecule has 1 fully saturated rings. The van der Waals surface area contributed by atoms with Crippen LogP contribution in [0.25, 0.3) is 4.96 Å². The Morgan fingerprint density at radius 2 is 2.36 bits per heavy atom. The van der Waals surface area contributed by atoms with E-state index in [1.807, 2.05) is 0 Å². The summed E-state index contributed by atoms with van der Waals surface area (Å²) in [4.78, 5) is 5.59. The van der Waals surface area contributed by atoms with Gasteiger partial charge in [0.15, 0.2) is 4.96 Å². The van der Waals surface area contributed by atoms with Crippen molar-refractivity contribution in [3.63, 3.8) is 0 Å². The molecule has 3 nitrogen and oxygen atoms in total. The third-order valence-electron chi connectivity index (χ3n) is 3.15. The molecule has 74 valence electrons. The van der Waals surface area contributed by atoms with Gasteiger partial charge in [0.2, 0.25) is 0 Å². The lowest BCUT2D eigenvalue weighted by Crippen LogP contribution is -2.44. The summed E-state index contributed by atoms with van der Waals surface area (Å²) in [6.07, 6.45) is 5.50. The standard InChI is InChI=1S/C10H13N3S/c1-7-8(10(11)3-2-4-10)13-5-6-14-9(13)12-7/h5-6H,2-4,11H2,1H3. The lowest BCUT2D eigenvalue weighted by molar-refractivity contribution is 0.243. The summed E-state index contributed by atoms with van der Waals surface area (Å²) in [5, 5.41) is 2.06. The summed E-state index contributed by atoms with van der Waals surface area (Å²) >= 11 is 1.67. The van der Waals surface area contributed by atoms with Crippen molar-refractivity contribution in [2.24, 2.45) is 5.73 Å². The Bertz CT molecular complexity index is 478. The van der Waals surface area contributed by atoms with Gasteiger partial charge in [-0.15, -0.1) is 11.3 Å². The van der Waals surface area contributed by atoms with Gasteiger partial charge in [-0.1, -0.05) is 0 Å². The molecule has 1 saturated carbocycles. The van der Waals surface area contributed by atoms with Crippen LogP contribution in [0.5, 0.6) is 0 Å². The van der Waals surface area contributed by atoms with Gasteiger partial charge >= 0.3 is 0 Å². The number of fused-ring (bicyclic) bond motifs is 1. The van der Waals surface area contributed by atoms with Crippen molar-refractivity contribution >= 4 is 16.3 Å².